The molecule has 0 spiro atoms. The number of nitrogens with two attached hydrogens (primary N) is 1. The summed E-state index contributed by atoms with van der Waals surface area (Å²) >= 11 is 0. The molecular formula is C14H19NO3. The van der Waals surface area contributed by atoms with Crippen molar-refractivity contribution in [1.82, 2.24) is 0 Å². The van der Waals surface area contributed by atoms with E-state index in [1.807, 2.05) is 24.3 Å². The summed E-state index contributed by atoms with van der Waals surface area (Å²) in [6.45, 7) is 0. The molecule has 1 aromatic rings. The number of ether oxygens (including phenoxy) is 1. The number of carboxylic acids is 1. The van der Waals surface area contributed by atoms with E-state index >= 15 is 0 Å². The van der Waals surface area contributed by atoms with E-state index in [-0.39, 0.29) is 0 Å². The number of aliphatic carboxylic acids is 1. The Hall–Kier alpha value is -1.55. The van der Waals surface area contributed by atoms with E-state index in [0.717, 1.165) is 24.2 Å². The maximum absolute atomic E-state index is 10.7. The highest BCUT2D eigenvalue weighted by molar-refractivity contribution is 5.73. The van der Waals surface area contributed by atoms with E-state index < -0.39 is 12.0 Å². The number of hydrogen-bond acceptors (Lipinski definition) is 3. The molecule has 18 heavy (non-hydrogen) atoms. The van der Waals surface area contributed by atoms with Crippen LogP contribution in [-0.4, -0.2) is 23.2 Å². The van der Waals surface area contributed by atoms with Crippen LogP contribution in [0, 0.1) is 0 Å². The summed E-state index contributed by atoms with van der Waals surface area (Å²) in [6, 6.07) is 6.71. The van der Waals surface area contributed by atoms with Gasteiger partial charge in [0.05, 0.1) is 6.10 Å². The van der Waals surface area contributed by atoms with E-state index in [1.54, 1.807) is 0 Å². The van der Waals surface area contributed by atoms with Gasteiger partial charge < -0.3 is 15.6 Å². The molecule has 0 saturated heterocycles. The summed E-state index contributed by atoms with van der Waals surface area (Å²) < 4.78 is 5.87. The number of carbonyl (C=O) groups is 1. The van der Waals surface area contributed by atoms with Gasteiger partial charge in [-0.2, -0.15) is 0 Å². The Bertz CT molecular complexity index is 413. The van der Waals surface area contributed by atoms with Crippen molar-refractivity contribution in [2.45, 2.75) is 44.2 Å². The number of carboxylic acid groups (broad SMARTS) is 1. The van der Waals surface area contributed by atoms with Crippen molar-refractivity contribution in [3.05, 3.63) is 29.8 Å². The summed E-state index contributed by atoms with van der Waals surface area (Å²) in [5.74, 6) is -0.158. The quantitative estimate of drug-likeness (QED) is 0.836. The van der Waals surface area contributed by atoms with Gasteiger partial charge in [-0.05, 0) is 49.8 Å². The van der Waals surface area contributed by atoms with Crippen LogP contribution in [0.2, 0.25) is 0 Å². The predicted molar refractivity (Wildman–Crippen MR) is 68.6 cm³/mol. The van der Waals surface area contributed by atoms with Gasteiger partial charge in [0.25, 0.3) is 0 Å². The van der Waals surface area contributed by atoms with Gasteiger partial charge in [0, 0.05) is 0 Å². The molecule has 0 aliphatic heterocycles. The normalized spacial score (nSPS) is 17.6. The molecule has 0 amide bonds. The molecule has 1 saturated carbocycles. The van der Waals surface area contributed by atoms with Crippen molar-refractivity contribution in [2.75, 3.05) is 0 Å². The highest BCUT2D eigenvalue weighted by atomic mass is 16.5. The van der Waals surface area contributed by atoms with Crippen LogP contribution in [-0.2, 0) is 11.2 Å². The lowest BCUT2D eigenvalue weighted by atomic mass is 10.1. The average molecular weight is 249 g/mol. The zero-order valence-corrected chi connectivity index (χ0v) is 10.3. The maximum Gasteiger partial charge on any atom is 0.320 e. The zero-order chi connectivity index (χ0) is 13.0. The third-order valence-corrected chi connectivity index (χ3v) is 3.28. The first-order valence-electron chi connectivity index (χ1n) is 6.39. The van der Waals surface area contributed by atoms with Crippen LogP contribution in [0.1, 0.15) is 31.2 Å². The molecular weight excluding hydrogens is 230 g/mol. The van der Waals surface area contributed by atoms with E-state index in [0.29, 0.717) is 12.5 Å². The van der Waals surface area contributed by atoms with Gasteiger partial charge in [-0.25, -0.2) is 0 Å². The minimum Gasteiger partial charge on any atom is -0.490 e. The zero-order valence-electron chi connectivity index (χ0n) is 10.3. The molecule has 0 unspecified atom stereocenters. The second-order valence-corrected chi connectivity index (χ2v) is 4.82. The molecule has 1 fully saturated rings. The molecule has 3 N–H and O–H groups in total. The summed E-state index contributed by atoms with van der Waals surface area (Å²) in [5.41, 5.74) is 6.42. The fourth-order valence-electron chi connectivity index (χ4n) is 2.29. The van der Waals surface area contributed by atoms with Crippen LogP contribution in [0.3, 0.4) is 0 Å². The van der Waals surface area contributed by atoms with Crippen LogP contribution in [0.4, 0.5) is 0 Å². The number of benzene rings is 1. The van der Waals surface area contributed by atoms with Gasteiger partial charge in [-0.1, -0.05) is 12.1 Å². The lowest BCUT2D eigenvalue weighted by Gasteiger charge is -2.14. The molecule has 4 heteroatoms. The summed E-state index contributed by atoms with van der Waals surface area (Å²) in [5, 5.41) is 8.79. The van der Waals surface area contributed by atoms with Crippen LogP contribution in [0.15, 0.2) is 24.3 Å². The molecule has 98 valence electrons. The van der Waals surface area contributed by atoms with E-state index in [2.05, 4.69) is 0 Å². The first-order valence-corrected chi connectivity index (χ1v) is 6.39. The summed E-state index contributed by atoms with van der Waals surface area (Å²) in [4.78, 5) is 10.7. The molecule has 1 aliphatic rings. The van der Waals surface area contributed by atoms with Gasteiger partial charge in [0.2, 0.25) is 0 Å². The highest BCUT2D eigenvalue weighted by Gasteiger charge is 2.17. The van der Waals surface area contributed by atoms with Crippen LogP contribution in [0.5, 0.6) is 5.75 Å². The minimum absolute atomic E-state index is 0.313. The van der Waals surface area contributed by atoms with Crippen LogP contribution in [0.25, 0.3) is 0 Å². The van der Waals surface area contributed by atoms with Crippen molar-refractivity contribution in [3.8, 4) is 5.75 Å². The molecule has 0 radical (unpaired) electrons. The summed E-state index contributed by atoms with van der Waals surface area (Å²) in [6.07, 6.45) is 5.32. The summed E-state index contributed by atoms with van der Waals surface area (Å²) in [7, 11) is 0. The molecule has 0 aromatic heterocycles. The van der Waals surface area contributed by atoms with Crippen LogP contribution < -0.4 is 10.5 Å². The monoisotopic (exact) mass is 249 g/mol. The predicted octanol–water partition coefficient (Wildman–Crippen LogP) is 1.96. The van der Waals surface area contributed by atoms with Crippen molar-refractivity contribution in [1.29, 1.82) is 0 Å². The standard InChI is InChI=1S/C14H19NO3/c15-13(14(16)17)9-10-4-3-7-12(8-10)18-11-5-1-2-6-11/h3-4,7-8,11,13H,1-2,5-6,9,15H2,(H,16,17)/t13-/m0/s1. The largest absolute Gasteiger partial charge is 0.490 e. The van der Waals surface area contributed by atoms with Gasteiger partial charge in [-0.15, -0.1) is 0 Å². The topological polar surface area (TPSA) is 72.5 Å². The highest BCUT2D eigenvalue weighted by Crippen LogP contribution is 2.24. The second kappa shape index (κ2) is 5.87. The first-order chi connectivity index (χ1) is 8.65. The van der Waals surface area contributed by atoms with E-state index in [9.17, 15) is 4.79 Å². The Morgan fingerprint density at radius 1 is 1.44 bits per heavy atom. The molecule has 2 rings (SSSR count). The third-order valence-electron chi connectivity index (χ3n) is 3.28. The Kier molecular flexibility index (Phi) is 4.20. The second-order valence-electron chi connectivity index (χ2n) is 4.82. The number of rotatable bonds is 5. The Morgan fingerprint density at radius 3 is 2.83 bits per heavy atom. The fourth-order valence-corrected chi connectivity index (χ4v) is 2.29. The maximum atomic E-state index is 10.7. The lowest BCUT2D eigenvalue weighted by molar-refractivity contribution is -0.138. The molecule has 0 bridgehead atoms. The Balaban J connectivity index is 1.98. The fraction of sp³-hybridized carbons (Fsp3) is 0.500. The molecule has 1 atom stereocenters. The van der Waals surface area contributed by atoms with Crippen molar-refractivity contribution < 1.29 is 14.6 Å². The van der Waals surface area contributed by atoms with Gasteiger partial charge in [-0.3, -0.25) is 4.79 Å². The number of hydrogen-bond donors (Lipinski definition) is 2. The van der Waals surface area contributed by atoms with Gasteiger partial charge >= 0.3 is 5.97 Å². The molecule has 4 nitrogen and oxygen atoms in total. The van der Waals surface area contributed by atoms with Gasteiger partial charge in [0.15, 0.2) is 0 Å². The Labute approximate surface area is 107 Å². The molecule has 1 aromatic carbocycles. The Morgan fingerprint density at radius 2 is 2.17 bits per heavy atom. The van der Waals surface area contributed by atoms with Gasteiger partial charge in [0.1, 0.15) is 11.8 Å². The smallest absolute Gasteiger partial charge is 0.320 e. The van der Waals surface area contributed by atoms with E-state index in [4.69, 9.17) is 15.6 Å². The van der Waals surface area contributed by atoms with Crippen molar-refractivity contribution in [3.63, 3.8) is 0 Å². The molecule has 1 aliphatic carbocycles. The lowest BCUT2D eigenvalue weighted by Crippen LogP contribution is -2.32. The van der Waals surface area contributed by atoms with Crippen molar-refractivity contribution >= 4 is 5.97 Å². The average Bonchev–Trinajstić information content (AvgIpc) is 2.82. The first kappa shape index (κ1) is 12.9. The third kappa shape index (κ3) is 3.47. The minimum atomic E-state index is -0.975. The van der Waals surface area contributed by atoms with Crippen molar-refractivity contribution in [2.24, 2.45) is 5.73 Å². The SMILES string of the molecule is N[C@@H](Cc1cccc(OC2CCCC2)c1)C(=O)O. The van der Waals surface area contributed by atoms with Crippen LogP contribution >= 0.6 is 0 Å². The molecule has 0 heterocycles. The van der Waals surface area contributed by atoms with E-state index in [1.165, 1.54) is 12.8 Å².